The molecule has 0 aromatic heterocycles. The van der Waals surface area contributed by atoms with Crippen molar-refractivity contribution in [1.82, 2.24) is 0 Å². The van der Waals surface area contributed by atoms with Crippen molar-refractivity contribution in [1.29, 1.82) is 0 Å². The van der Waals surface area contributed by atoms with Gasteiger partial charge in [0.25, 0.3) is 0 Å². The molecule has 0 bridgehead atoms. The third kappa shape index (κ3) is 3.39. The fourth-order valence-corrected chi connectivity index (χ4v) is 1.88. The second-order valence-corrected chi connectivity index (χ2v) is 6.04. The number of carbonyl (C=O) groups is 1. The van der Waals surface area contributed by atoms with Gasteiger partial charge >= 0.3 is 0 Å². The van der Waals surface area contributed by atoms with Gasteiger partial charge in [0.2, 0.25) is 0 Å². The molecule has 1 unspecified atom stereocenters. The van der Waals surface area contributed by atoms with E-state index in [1.165, 1.54) is 6.07 Å². The van der Waals surface area contributed by atoms with Gasteiger partial charge in [-0.25, -0.2) is 4.39 Å². The normalized spacial score (nSPS) is 13.5. The SMILES string of the molecule is Cc1cc(C)c(C(=O)CC(N)C(C)(C)C)c(F)c1. The van der Waals surface area contributed by atoms with Crippen LogP contribution in [-0.4, -0.2) is 11.8 Å². The lowest BCUT2D eigenvalue weighted by Gasteiger charge is -2.26. The molecule has 1 rings (SSSR count). The molecule has 3 heteroatoms. The van der Waals surface area contributed by atoms with Crippen LogP contribution in [0.5, 0.6) is 0 Å². The van der Waals surface area contributed by atoms with E-state index in [2.05, 4.69) is 0 Å². The minimum atomic E-state index is -0.446. The van der Waals surface area contributed by atoms with Crippen LogP contribution in [0.2, 0.25) is 0 Å². The van der Waals surface area contributed by atoms with E-state index in [9.17, 15) is 9.18 Å². The predicted octanol–water partition coefficient (Wildman–Crippen LogP) is 3.39. The molecule has 1 atom stereocenters. The minimum Gasteiger partial charge on any atom is -0.327 e. The van der Waals surface area contributed by atoms with Crippen LogP contribution in [0.25, 0.3) is 0 Å². The van der Waals surface area contributed by atoms with Crippen LogP contribution < -0.4 is 5.73 Å². The highest BCUT2D eigenvalue weighted by Gasteiger charge is 2.25. The monoisotopic (exact) mass is 251 g/mol. The number of Topliss-reactive ketones (excluding diaryl/α,β-unsaturated/α-hetero) is 1. The molecule has 100 valence electrons. The van der Waals surface area contributed by atoms with E-state index in [0.717, 1.165) is 5.56 Å². The predicted molar refractivity (Wildman–Crippen MR) is 72.3 cm³/mol. The molecule has 0 aliphatic heterocycles. The molecule has 1 aromatic carbocycles. The first-order chi connectivity index (χ1) is 8.12. The second-order valence-electron chi connectivity index (χ2n) is 6.04. The van der Waals surface area contributed by atoms with Crippen molar-refractivity contribution in [3.8, 4) is 0 Å². The van der Waals surface area contributed by atoms with Crippen LogP contribution in [0.1, 0.15) is 48.7 Å². The molecular weight excluding hydrogens is 229 g/mol. The number of hydrogen-bond donors (Lipinski definition) is 1. The molecule has 0 spiro atoms. The fourth-order valence-electron chi connectivity index (χ4n) is 1.88. The van der Waals surface area contributed by atoms with Crippen molar-refractivity contribution in [2.24, 2.45) is 11.1 Å². The molecule has 0 amide bonds. The summed E-state index contributed by atoms with van der Waals surface area (Å²) in [5.41, 5.74) is 7.49. The highest BCUT2D eigenvalue weighted by Crippen LogP contribution is 2.23. The number of nitrogens with two attached hydrogens (primary N) is 1. The number of halogens is 1. The first-order valence-corrected chi connectivity index (χ1v) is 6.18. The summed E-state index contributed by atoms with van der Waals surface area (Å²) in [5, 5.41) is 0. The second kappa shape index (κ2) is 5.19. The van der Waals surface area contributed by atoms with Crippen LogP contribution in [0, 0.1) is 25.1 Å². The van der Waals surface area contributed by atoms with Crippen molar-refractivity contribution in [2.75, 3.05) is 0 Å². The molecule has 2 nitrogen and oxygen atoms in total. The molecule has 18 heavy (non-hydrogen) atoms. The minimum absolute atomic E-state index is 0.162. The van der Waals surface area contributed by atoms with Crippen molar-refractivity contribution in [2.45, 2.75) is 47.1 Å². The first kappa shape index (κ1) is 14.8. The summed E-state index contributed by atoms with van der Waals surface area (Å²) in [4.78, 5) is 12.1. The van der Waals surface area contributed by atoms with E-state index < -0.39 is 5.82 Å². The van der Waals surface area contributed by atoms with Crippen LogP contribution in [0.4, 0.5) is 4.39 Å². The van der Waals surface area contributed by atoms with Crippen LogP contribution >= 0.6 is 0 Å². The van der Waals surface area contributed by atoms with Crippen molar-refractivity contribution >= 4 is 5.78 Å². The lowest BCUT2D eigenvalue weighted by Crippen LogP contribution is -2.37. The summed E-state index contributed by atoms with van der Waals surface area (Å²) in [6, 6.07) is 2.94. The third-order valence-corrected chi connectivity index (χ3v) is 3.23. The molecule has 0 radical (unpaired) electrons. The molecule has 1 aromatic rings. The van der Waals surface area contributed by atoms with Crippen LogP contribution in [0.15, 0.2) is 12.1 Å². The molecule has 0 saturated heterocycles. The first-order valence-electron chi connectivity index (χ1n) is 6.18. The summed E-state index contributed by atoms with van der Waals surface area (Å²) < 4.78 is 13.8. The number of benzene rings is 1. The molecular formula is C15H22FNO. The lowest BCUT2D eigenvalue weighted by molar-refractivity contribution is 0.0948. The zero-order valence-electron chi connectivity index (χ0n) is 11.8. The summed E-state index contributed by atoms with van der Waals surface area (Å²) in [7, 11) is 0. The lowest BCUT2D eigenvalue weighted by atomic mass is 9.83. The van der Waals surface area contributed by atoms with Gasteiger partial charge in [-0.1, -0.05) is 26.8 Å². The van der Waals surface area contributed by atoms with E-state index in [1.54, 1.807) is 6.92 Å². The van der Waals surface area contributed by atoms with E-state index in [-0.39, 0.29) is 29.2 Å². The van der Waals surface area contributed by atoms with Gasteiger partial charge in [0, 0.05) is 12.5 Å². The molecule has 0 saturated carbocycles. The van der Waals surface area contributed by atoms with Gasteiger partial charge in [-0.3, -0.25) is 4.79 Å². The Morgan fingerprint density at radius 3 is 2.33 bits per heavy atom. The maximum atomic E-state index is 13.8. The highest BCUT2D eigenvalue weighted by molar-refractivity contribution is 5.98. The zero-order valence-corrected chi connectivity index (χ0v) is 11.8. The molecule has 2 N–H and O–H groups in total. The Morgan fingerprint density at radius 2 is 1.89 bits per heavy atom. The van der Waals surface area contributed by atoms with Crippen molar-refractivity contribution < 1.29 is 9.18 Å². The topological polar surface area (TPSA) is 43.1 Å². The van der Waals surface area contributed by atoms with Gasteiger partial charge < -0.3 is 5.73 Å². The van der Waals surface area contributed by atoms with E-state index >= 15 is 0 Å². The van der Waals surface area contributed by atoms with Gasteiger partial charge in [0.1, 0.15) is 5.82 Å². The Balaban J connectivity index is 2.99. The average Bonchev–Trinajstić information content (AvgIpc) is 2.13. The molecule has 0 fully saturated rings. The standard InChI is InChI=1S/C15H22FNO/c1-9-6-10(2)14(11(16)7-9)12(18)8-13(17)15(3,4)5/h6-7,13H,8,17H2,1-5H3. The maximum absolute atomic E-state index is 13.8. The largest absolute Gasteiger partial charge is 0.327 e. The van der Waals surface area contributed by atoms with Gasteiger partial charge in [0.15, 0.2) is 5.78 Å². The van der Waals surface area contributed by atoms with Crippen molar-refractivity contribution in [3.05, 3.63) is 34.6 Å². The molecule has 0 aliphatic rings. The third-order valence-electron chi connectivity index (χ3n) is 3.23. The Hall–Kier alpha value is -1.22. The Bertz CT molecular complexity index is 437. The van der Waals surface area contributed by atoms with Gasteiger partial charge in [-0.15, -0.1) is 0 Å². The number of aryl methyl sites for hydroxylation is 2. The number of hydrogen-bond acceptors (Lipinski definition) is 2. The Morgan fingerprint density at radius 1 is 1.33 bits per heavy atom. The van der Waals surface area contributed by atoms with E-state index in [0.29, 0.717) is 5.56 Å². The van der Waals surface area contributed by atoms with Gasteiger partial charge in [-0.05, 0) is 36.5 Å². The summed E-state index contributed by atoms with van der Waals surface area (Å²) in [6.07, 6.45) is 0.171. The average molecular weight is 251 g/mol. The van der Waals surface area contributed by atoms with E-state index in [1.807, 2.05) is 33.8 Å². The Kier molecular flexibility index (Phi) is 4.28. The van der Waals surface area contributed by atoms with Gasteiger partial charge in [0.05, 0.1) is 5.56 Å². The number of carbonyl (C=O) groups excluding carboxylic acids is 1. The highest BCUT2D eigenvalue weighted by atomic mass is 19.1. The quantitative estimate of drug-likeness (QED) is 0.837. The molecule has 0 heterocycles. The summed E-state index contributed by atoms with van der Waals surface area (Å²) in [6.45, 7) is 9.49. The molecule has 0 aliphatic carbocycles. The Labute approximate surface area is 108 Å². The van der Waals surface area contributed by atoms with E-state index in [4.69, 9.17) is 5.73 Å². The van der Waals surface area contributed by atoms with Crippen LogP contribution in [-0.2, 0) is 0 Å². The smallest absolute Gasteiger partial charge is 0.167 e. The zero-order chi connectivity index (χ0) is 14.1. The van der Waals surface area contributed by atoms with Gasteiger partial charge in [-0.2, -0.15) is 0 Å². The fraction of sp³-hybridized carbons (Fsp3) is 0.533. The van der Waals surface area contributed by atoms with Crippen LogP contribution in [0.3, 0.4) is 0 Å². The summed E-state index contributed by atoms with van der Waals surface area (Å²) >= 11 is 0. The number of rotatable bonds is 3. The number of ketones is 1. The summed E-state index contributed by atoms with van der Waals surface area (Å²) in [5.74, 6) is -0.661. The van der Waals surface area contributed by atoms with Crippen molar-refractivity contribution in [3.63, 3.8) is 0 Å². The maximum Gasteiger partial charge on any atom is 0.167 e.